The number of hydrogen-bond donors (Lipinski definition) is 0. The first-order valence-electron chi connectivity index (χ1n) is 3.29. The van der Waals surface area contributed by atoms with E-state index in [-0.39, 0.29) is 6.42 Å². The third kappa shape index (κ3) is 10.0. The molecule has 11 heavy (non-hydrogen) atoms. The molecule has 0 saturated heterocycles. The Kier molecular flexibility index (Phi) is 4.84. The summed E-state index contributed by atoms with van der Waals surface area (Å²) in [7, 11) is -1.33. The van der Waals surface area contributed by atoms with Gasteiger partial charge in [0.2, 0.25) is 0 Å². The summed E-state index contributed by atoms with van der Waals surface area (Å²) in [6.45, 7) is 1.84. The molecule has 0 amide bonds. The van der Waals surface area contributed by atoms with Gasteiger partial charge in [0.1, 0.15) is 0 Å². The molecule has 1 atom stereocenters. The van der Waals surface area contributed by atoms with Gasteiger partial charge >= 0.3 is 6.18 Å². The van der Waals surface area contributed by atoms with E-state index in [1.165, 1.54) is 6.08 Å². The molecule has 0 nitrogen and oxygen atoms in total. The van der Waals surface area contributed by atoms with Crippen LogP contribution in [0.5, 0.6) is 0 Å². The Hall–Kier alpha value is 0.0369. The van der Waals surface area contributed by atoms with Gasteiger partial charge in [0.15, 0.2) is 8.11 Å². The van der Waals surface area contributed by atoms with Crippen molar-refractivity contribution < 1.29 is 13.2 Å². The SMILES string of the molecule is C[SiH](Cl)C=CCCC(F)(F)F. The largest absolute Gasteiger partial charge is 0.389 e. The van der Waals surface area contributed by atoms with Crippen molar-refractivity contribution in [2.75, 3.05) is 0 Å². The first-order valence-corrected chi connectivity index (χ1v) is 6.86. The second-order valence-electron chi connectivity index (χ2n) is 2.26. The molecule has 0 saturated carbocycles. The number of hydrogen-bond acceptors (Lipinski definition) is 0. The zero-order valence-electron chi connectivity index (χ0n) is 6.16. The van der Waals surface area contributed by atoms with Gasteiger partial charge in [0, 0.05) is 6.42 Å². The fourth-order valence-electron chi connectivity index (χ4n) is 0.531. The second kappa shape index (κ2) is 4.82. The summed E-state index contributed by atoms with van der Waals surface area (Å²) < 4.78 is 34.6. The maximum atomic E-state index is 11.5. The number of rotatable bonds is 3. The summed E-state index contributed by atoms with van der Waals surface area (Å²) in [6, 6.07) is 0. The number of allylic oxidation sites excluding steroid dienone is 1. The van der Waals surface area contributed by atoms with Gasteiger partial charge in [-0.05, 0) is 6.42 Å². The highest BCUT2D eigenvalue weighted by molar-refractivity contribution is 7.09. The predicted octanol–water partition coefficient (Wildman–Crippen LogP) is 3.02. The lowest BCUT2D eigenvalue weighted by Crippen LogP contribution is -2.05. The molecule has 0 bridgehead atoms. The van der Waals surface area contributed by atoms with Gasteiger partial charge in [0.25, 0.3) is 0 Å². The van der Waals surface area contributed by atoms with Crippen LogP contribution in [0.3, 0.4) is 0 Å². The van der Waals surface area contributed by atoms with E-state index in [4.69, 9.17) is 11.1 Å². The van der Waals surface area contributed by atoms with Gasteiger partial charge in [0.05, 0.1) is 0 Å². The topological polar surface area (TPSA) is 0 Å². The van der Waals surface area contributed by atoms with Gasteiger partial charge in [-0.2, -0.15) is 24.3 Å². The van der Waals surface area contributed by atoms with Crippen molar-refractivity contribution in [1.82, 2.24) is 0 Å². The maximum Gasteiger partial charge on any atom is 0.389 e. The maximum absolute atomic E-state index is 11.5. The quantitative estimate of drug-likeness (QED) is 0.488. The molecule has 0 aromatic rings. The lowest BCUT2D eigenvalue weighted by molar-refractivity contribution is -0.133. The number of halogens is 4. The molecule has 66 valence electrons. The summed E-state index contributed by atoms with van der Waals surface area (Å²) in [6.07, 6.45) is -3.23. The smallest absolute Gasteiger partial charge is 0.171 e. The standard InChI is InChI=1S/C6H10ClF3Si/c1-11(7)5-3-2-4-6(8,9)10/h3,5,11H,2,4H2,1H3. The highest BCUT2D eigenvalue weighted by atomic mass is 35.6. The van der Waals surface area contributed by atoms with E-state index < -0.39 is 20.7 Å². The Morgan fingerprint density at radius 3 is 2.36 bits per heavy atom. The molecular weight excluding hydrogens is 193 g/mol. The summed E-state index contributed by atoms with van der Waals surface area (Å²) in [5, 5.41) is 0. The van der Waals surface area contributed by atoms with Crippen LogP contribution in [0.1, 0.15) is 12.8 Å². The average Bonchev–Trinajstić information content (AvgIpc) is 1.78. The molecule has 0 aromatic heterocycles. The highest BCUT2D eigenvalue weighted by Gasteiger charge is 2.25. The molecule has 0 aliphatic rings. The van der Waals surface area contributed by atoms with Crippen molar-refractivity contribution in [3.63, 3.8) is 0 Å². The van der Waals surface area contributed by atoms with Crippen LogP contribution in [0.15, 0.2) is 11.8 Å². The van der Waals surface area contributed by atoms with Crippen LogP contribution in [-0.2, 0) is 0 Å². The lowest BCUT2D eigenvalue weighted by atomic mass is 10.3. The van der Waals surface area contributed by atoms with E-state index in [0.29, 0.717) is 0 Å². The van der Waals surface area contributed by atoms with E-state index in [9.17, 15) is 13.2 Å². The molecule has 0 fully saturated rings. The number of alkyl halides is 3. The Morgan fingerprint density at radius 2 is 2.00 bits per heavy atom. The average molecular weight is 203 g/mol. The molecule has 0 aliphatic carbocycles. The van der Waals surface area contributed by atoms with E-state index in [1.807, 2.05) is 6.55 Å². The monoisotopic (exact) mass is 202 g/mol. The lowest BCUT2D eigenvalue weighted by Gasteiger charge is -2.01. The highest BCUT2D eigenvalue weighted by Crippen LogP contribution is 2.21. The molecule has 0 N–H and O–H groups in total. The molecule has 0 aromatic carbocycles. The predicted molar refractivity (Wildman–Crippen MR) is 43.3 cm³/mol. The Morgan fingerprint density at radius 1 is 1.45 bits per heavy atom. The van der Waals surface area contributed by atoms with Gasteiger partial charge in [-0.15, -0.1) is 0 Å². The summed E-state index contributed by atoms with van der Waals surface area (Å²) in [4.78, 5) is 0. The van der Waals surface area contributed by atoms with E-state index in [2.05, 4.69) is 0 Å². The molecular formula is C6H10ClF3Si. The van der Waals surface area contributed by atoms with Crippen molar-refractivity contribution in [3.8, 4) is 0 Å². The minimum atomic E-state index is -4.04. The summed E-state index contributed by atoms with van der Waals surface area (Å²) in [5.74, 6) is 0. The minimum Gasteiger partial charge on any atom is -0.171 e. The molecule has 0 radical (unpaired) electrons. The zero-order chi connectivity index (χ0) is 8.91. The third-order valence-electron chi connectivity index (χ3n) is 0.996. The normalized spacial score (nSPS) is 15.7. The first-order chi connectivity index (χ1) is 4.92. The van der Waals surface area contributed by atoms with E-state index >= 15 is 0 Å². The molecule has 0 aliphatic heterocycles. The van der Waals surface area contributed by atoms with Crippen molar-refractivity contribution in [2.24, 2.45) is 0 Å². The fraction of sp³-hybridized carbons (Fsp3) is 0.667. The van der Waals surface area contributed by atoms with Gasteiger partial charge in [-0.1, -0.05) is 18.3 Å². The third-order valence-corrected chi connectivity index (χ3v) is 2.23. The van der Waals surface area contributed by atoms with Crippen LogP contribution >= 0.6 is 11.1 Å². The van der Waals surface area contributed by atoms with E-state index in [1.54, 1.807) is 5.70 Å². The molecule has 1 unspecified atom stereocenters. The van der Waals surface area contributed by atoms with Crippen molar-refractivity contribution in [3.05, 3.63) is 11.8 Å². The summed E-state index contributed by atoms with van der Waals surface area (Å²) >= 11 is 5.60. The van der Waals surface area contributed by atoms with Crippen molar-refractivity contribution in [1.29, 1.82) is 0 Å². The Labute approximate surface area is 70.4 Å². The van der Waals surface area contributed by atoms with E-state index in [0.717, 1.165) is 0 Å². The van der Waals surface area contributed by atoms with Crippen molar-refractivity contribution >= 4 is 19.2 Å². The first kappa shape index (κ1) is 11.0. The molecule has 0 heterocycles. The van der Waals surface area contributed by atoms with Gasteiger partial charge < -0.3 is 0 Å². The minimum absolute atomic E-state index is 0.0492. The second-order valence-corrected chi connectivity index (χ2v) is 6.06. The molecule has 5 heteroatoms. The molecule has 0 rings (SSSR count). The van der Waals surface area contributed by atoms with Crippen LogP contribution in [0.2, 0.25) is 6.55 Å². The van der Waals surface area contributed by atoms with Crippen LogP contribution in [0, 0.1) is 0 Å². The molecule has 0 spiro atoms. The summed E-state index contributed by atoms with van der Waals surface area (Å²) in [5.41, 5.74) is 1.69. The zero-order valence-corrected chi connectivity index (χ0v) is 8.07. The van der Waals surface area contributed by atoms with Crippen LogP contribution < -0.4 is 0 Å². The van der Waals surface area contributed by atoms with Gasteiger partial charge in [-0.3, -0.25) is 0 Å². The van der Waals surface area contributed by atoms with Gasteiger partial charge in [-0.25, -0.2) is 0 Å². The van der Waals surface area contributed by atoms with Crippen LogP contribution in [0.4, 0.5) is 13.2 Å². The Bertz CT molecular complexity index is 130. The van der Waals surface area contributed by atoms with Crippen LogP contribution in [-0.4, -0.2) is 14.3 Å². The fourth-order valence-corrected chi connectivity index (χ4v) is 1.41. The Balaban J connectivity index is 3.42. The van der Waals surface area contributed by atoms with Crippen LogP contribution in [0.25, 0.3) is 0 Å². The van der Waals surface area contributed by atoms with Crippen molar-refractivity contribution in [2.45, 2.75) is 25.6 Å².